The highest BCUT2D eigenvalue weighted by atomic mass is 19.4. The van der Waals surface area contributed by atoms with Crippen LogP contribution in [0.3, 0.4) is 0 Å². The number of nitrogens with zero attached hydrogens (tertiary/aromatic N) is 3. The maximum atomic E-state index is 12.3. The predicted octanol–water partition coefficient (Wildman–Crippen LogP) is 3.03. The molecule has 30 heavy (non-hydrogen) atoms. The molecular formula is C19H22F3N5O3. The van der Waals surface area contributed by atoms with E-state index in [4.69, 9.17) is 5.73 Å². The van der Waals surface area contributed by atoms with E-state index in [0.29, 0.717) is 31.5 Å². The quantitative estimate of drug-likeness (QED) is 0.590. The average Bonchev–Trinajstić information content (AvgIpc) is 3.06. The van der Waals surface area contributed by atoms with E-state index in [9.17, 15) is 23.1 Å². The first-order valence-electron chi connectivity index (χ1n) is 9.28. The van der Waals surface area contributed by atoms with Crippen molar-refractivity contribution in [1.82, 2.24) is 9.78 Å². The molecule has 162 valence electrons. The zero-order chi connectivity index (χ0) is 21.9. The summed E-state index contributed by atoms with van der Waals surface area (Å²) in [5, 5.41) is 17.3. The number of aliphatic hydroxyl groups excluding tert-OH is 1. The number of nitrogens with one attached hydrogen (secondary N) is 1. The van der Waals surface area contributed by atoms with E-state index in [0.717, 1.165) is 12.1 Å². The SMILES string of the molecule is C=NCC1CC(O)CCC1n1cc(C(N)=O)c(Nc2ccc(OC(F)(F)F)cc2)n1. The number of amides is 1. The van der Waals surface area contributed by atoms with E-state index < -0.39 is 18.4 Å². The van der Waals surface area contributed by atoms with Crippen molar-refractivity contribution in [3.8, 4) is 5.75 Å². The van der Waals surface area contributed by atoms with E-state index in [1.165, 1.54) is 18.3 Å². The minimum Gasteiger partial charge on any atom is -0.406 e. The van der Waals surface area contributed by atoms with Crippen molar-refractivity contribution in [2.45, 2.75) is 37.8 Å². The van der Waals surface area contributed by atoms with E-state index >= 15 is 0 Å². The lowest BCUT2D eigenvalue weighted by molar-refractivity contribution is -0.274. The lowest BCUT2D eigenvalue weighted by atomic mass is 9.83. The van der Waals surface area contributed by atoms with Crippen LogP contribution < -0.4 is 15.8 Å². The molecule has 0 radical (unpaired) electrons. The van der Waals surface area contributed by atoms with Gasteiger partial charge in [0.15, 0.2) is 5.82 Å². The molecule has 0 aliphatic heterocycles. The van der Waals surface area contributed by atoms with Crippen LogP contribution in [-0.2, 0) is 0 Å². The highest BCUT2D eigenvalue weighted by Crippen LogP contribution is 2.35. The molecule has 3 unspecified atom stereocenters. The minimum atomic E-state index is -4.78. The van der Waals surface area contributed by atoms with Gasteiger partial charge in [0.1, 0.15) is 11.3 Å². The third-order valence-electron chi connectivity index (χ3n) is 4.97. The number of alkyl halides is 3. The van der Waals surface area contributed by atoms with Gasteiger partial charge < -0.3 is 25.9 Å². The van der Waals surface area contributed by atoms with Gasteiger partial charge in [-0.2, -0.15) is 5.10 Å². The number of nitrogens with two attached hydrogens (primary N) is 1. The van der Waals surface area contributed by atoms with Crippen LogP contribution in [-0.4, -0.2) is 46.5 Å². The molecule has 1 saturated carbocycles. The molecule has 1 amide bonds. The normalized spacial score (nSPS) is 21.8. The molecular weight excluding hydrogens is 403 g/mol. The Morgan fingerprint density at radius 2 is 2.07 bits per heavy atom. The van der Waals surface area contributed by atoms with Crippen LogP contribution >= 0.6 is 0 Å². The van der Waals surface area contributed by atoms with Gasteiger partial charge in [-0.05, 0) is 50.2 Å². The molecule has 3 rings (SSSR count). The van der Waals surface area contributed by atoms with Gasteiger partial charge in [-0.15, -0.1) is 13.2 Å². The number of hydrogen-bond donors (Lipinski definition) is 3. The van der Waals surface area contributed by atoms with Gasteiger partial charge in [-0.1, -0.05) is 0 Å². The predicted molar refractivity (Wildman–Crippen MR) is 104 cm³/mol. The molecule has 11 heteroatoms. The maximum absolute atomic E-state index is 12.3. The molecule has 1 aliphatic carbocycles. The number of primary amides is 1. The molecule has 0 saturated heterocycles. The molecule has 1 aromatic carbocycles. The summed E-state index contributed by atoms with van der Waals surface area (Å²) in [6, 6.07) is 4.92. The van der Waals surface area contributed by atoms with Crippen LogP contribution in [0.25, 0.3) is 0 Å². The fraction of sp³-hybridized carbons (Fsp3) is 0.421. The van der Waals surface area contributed by atoms with Crippen LogP contribution in [0.1, 0.15) is 35.7 Å². The van der Waals surface area contributed by atoms with Gasteiger partial charge >= 0.3 is 6.36 Å². The van der Waals surface area contributed by atoms with Crippen molar-refractivity contribution < 1.29 is 27.8 Å². The Labute approximate surface area is 170 Å². The summed E-state index contributed by atoms with van der Waals surface area (Å²) in [7, 11) is 0. The molecule has 0 spiro atoms. The Balaban J connectivity index is 1.82. The van der Waals surface area contributed by atoms with E-state index in [2.05, 4.69) is 26.9 Å². The number of aliphatic imine (C=N–C) groups is 1. The number of aliphatic hydroxyl groups is 1. The van der Waals surface area contributed by atoms with Crippen molar-refractivity contribution in [2.24, 2.45) is 16.6 Å². The number of halogens is 3. The highest BCUT2D eigenvalue weighted by molar-refractivity contribution is 5.98. The van der Waals surface area contributed by atoms with Gasteiger partial charge in [0.25, 0.3) is 5.91 Å². The standard InChI is InChI=1S/C19H22F3N5O3/c1-24-9-11-8-13(28)4-7-16(11)27-10-15(17(23)29)18(26-27)25-12-2-5-14(6-3-12)30-19(20,21)22/h2-3,5-6,10-11,13,16,28H,1,4,7-9H2,(H2,23,29)(H,25,26). The average molecular weight is 425 g/mol. The molecule has 2 aromatic rings. The third-order valence-corrected chi connectivity index (χ3v) is 4.97. The zero-order valence-electron chi connectivity index (χ0n) is 16.0. The fourth-order valence-corrected chi connectivity index (χ4v) is 3.64. The zero-order valence-corrected chi connectivity index (χ0v) is 16.0. The lowest BCUT2D eigenvalue weighted by Crippen LogP contribution is -2.32. The molecule has 8 nitrogen and oxygen atoms in total. The number of carbonyl (C=O) groups excluding carboxylic acids is 1. The first-order chi connectivity index (χ1) is 14.2. The number of ether oxygens (including phenoxy) is 1. The molecule has 4 N–H and O–H groups in total. The second kappa shape index (κ2) is 8.74. The van der Waals surface area contributed by atoms with E-state index in [-0.39, 0.29) is 29.1 Å². The van der Waals surface area contributed by atoms with Gasteiger partial charge in [0.05, 0.1) is 12.1 Å². The van der Waals surface area contributed by atoms with Crippen molar-refractivity contribution in [3.05, 3.63) is 36.0 Å². The second-order valence-corrected chi connectivity index (χ2v) is 7.13. The van der Waals surface area contributed by atoms with Gasteiger partial charge in [-0.3, -0.25) is 9.48 Å². The summed E-state index contributed by atoms with van der Waals surface area (Å²) in [6.07, 6.45) is -1.90. The first-order valence-corrected chi connectivity index (χ1v) is 9.28. The van der Waals surface area contributed by atoms with Crippen LogP contribution in [0.2, 0.25) is 0 Å². The maximum Gasteiger partial charge on any atom is 0.573 e. The minimum absolute atomic E-state index is 0.00136. The summed E-state index contributed by atoms with van der Waals surface area (Å²) in [5.41, 5.74) is 6.02. The molecule has 1 aliphatic rings. The Morgan fingerprint density at radius 1 is 1.37 bits per heavy atom. The van der Waals surface area contributed by atoms with Gasteiger partial charge in [0.2, 0.25) is 0 Å². The number of rotatable bonds is 7. The van der Waals surface area contributed by atoms with Crippen LogP contribution in [0.15, 0.2) is 35.5 Å². The summed E-state index contributed by atoms with van der Waals surface area (Å²) in [4.78, 5) is 15.8. The fourth-order valence-electron chi connectivity index (χ4n) is 3.64. The Hall–Kier alpha value is -3.08. The number of hydrogen-bond acceptors (Lipinski definition) is 6. The first kappa shape index (κ1) is 21.6. The van der Waals surface area contributed by atoms with Crippen molar-refractivity contribution in [1.29, 1.82) is 0 Å². The van der Waals surface area contributed by atoms with Crippen LogP contribution in [0, 0.1) is 5.92 Å². The van der Waals surface area contributed by atoms with Crippen molar-refractivity contribution >= 4 is 24.1 Å². The second-order valence-electron chi connectivity index (χ2n) is 7.13. The monoisotopic (exact) mass is 425 g/mol. The molecule has 1 aromatic heterocycles. The van der Waals surface area contributed by atoms with Gasteiger partial charge in [-0.25, -0.2) is 0 Å². The summed E-state index contributed by atoms with van der Waals surface area (Å²) in [5.74, 6) is -0.883. The smallest absolute Gasteiger partial charge is 0.406 e. The van der Waals surface area contributed by atoms with E-state index in [1.807, 2.05) is 0 Å². The number of carbonyl (C=O) groups is 1. The van der Waals surface area contributed by atoms with Crippen LogP contribution in [0.5, 0.6) is 5.75 Å². The molecule has 1 heterocycles. The van der Waals surface area contributed by atoms with Gasteiger partial charge in [0, 0.05) is 24.3 Å². The summed E-state index contributed by atoms with van der Waals surface area (Å²) >= 11 is 0. The van der Waals surface area contributed by atoms with Crippen molar-refractivity contribution in [2.75, 3.05) is 11.9 Å². The van der Waals surface area contributed by atoms with Crippen LogP contribution in [0.4, 0.5) is 24.7 Å². The number of aromatic nitrogens is 2. The topological polar surface area (TPSA) is 115 Å². The third kappa shape index (κ3) is 5.29. The Morgan fingerprint density at radius 3 is 2.67 bits per heavy atom. The highest BCUT2D eigenvalue weighted by Gasteiger charge is 2.33. The molecule has 1 fully saturated rings. The Kier molecular flexibility index (Phi) is 6.30. The summed E-state index contributed by atoms with van der Waals surface area (Å²) < 4.78 is 42.3. The molecule has 3 atom stereocenters. The summed E-state index contributed by atoms with van der Waals surface area (Å²) in [6.45, 7) is 3.96. The van der Waals surface area contributed by atoms with E-state index in [1.54, 1.807) is 4.68 Å². The largest absolute Gasteiger partial charge is 0.573 e. The number of anilines is 2. The Bertz CT molecular complexity index is 898. The number of benzene rings is 1. The molecule has 0 bridgehead atoms. The van der Waals surface area contributed by atoms with Crippen molar-refractivity contribution in [3.63, 3.8) is 0 Å². The lowest BCUT2D eigenvalue weighted by Gasteiger charge is -2.33.